The van der Waals surface area contributed by atoms with Crippen LogP contribution in [-0.4, -0.2) is 40.8 Å². The molecule has 1 aliphatic rings. The molecule has 0 unspecified atom stereocenters. The third-order valence-corrected chi connectivity index (χ3v) is 6.19. The summed E-state index contributed by atoms with van der Waals surface area (Å²) in [6, 6.07) is 11.4. The monoisotopic (exact) mass is 475 g/mol. The summed E-state index contributed by atoms with van der Waals surface area (Å²) in [5.41, 5.74) is 1.69. The van der Waals surface area contributed by atoms with E-state index in [1.165, 1.54) is 0 Å². The van der Waals surface area contributed by atoms with Crippen LogP contribution in [0.15, 0.2) is 59.3 Å². The van der Waals surface area contributed by atoms with E-state index < -0.39 is 11.9 Å². The van der Waals surface area contributed by atoms with Gasteiger partial charge in [-0.05, 0) is 60.7 Å². The van der Waals surface area contributed by atoms with E-state index in [1.807, 2.05) is 0 Å². The first-order valence-corrected chi connectivity index (χ1v) is 11.8. The maximum atomic E-state index is 12.9. The average molecular weight is 476 g/mol. The number of carbonyl (C=O) groups excluding carboxylic acids is 3. The van der Waals surface area contributed by atoms with Gasteiger partial charge in [-0.1, -0.05) is 25.3 Å². The molecule has 0 saturated heterocycles. The summed E-state index contributed by atoms with van der Waals surface area (Å²) < 4.78 is 5.78. The standard InChI is InChI=1S/C26H29N5O4/c1-27-26(34)23(18-7-3-2-4-8-18)31-25(33)22-11-10-21(35-22)20-15-17(12-14-29-20)16-30-24(32)19-9-5-6-13-28-19/h5-6,9-15,18,23H,2-4,7-8,16H2,1H3,(H,27,34)(H,30,32)(H,31,33)/t23-/m0/s1. The Labute approximate surface area is 203 Å². The Bertz CT molecular complexity index is 1170. The first kappa shape index (κ1) is 24.1. The first-order chi connectivity index (χ1) is 17.0. The van der Waals surface area contributed by atoms with Crippen molar-refractivity contribution in [2.45, 2.75) is 44.7 Å². The fourth-order valence-electron chi connectivity index (χ4n) is 4.32. The fourth-order valence-corrected chi connectivity index (χ4v) is 4.32. The summed E-state index contributed by atoms with van der Waals surface area (Å²) in [7, 11) is 1.58. The molecule has 1 saturated carbocycles. The molecule has 0 radical (unpaired) electrons. The predicted octanol–water partition coefficient (Wildman–Crippen LogP) is 3.09. The highest BCUT2D eigenvalue weighted by molar-refractivity contribution is 5.96. The van der Waals surface area contributed by atoms with Crippen LogP contribution in [0.2, 0.25) is 0 Å². The summed E-state index contributed by atoms with van der Waals surface area (Å²) in [5, 5.41) is 8.34. The zero-order valence-corrected chi connectivity index (χ0v) is 19.6. The van der Waals surface area contributed by atoms with Gasteiger partial charge in [0, 0.05) is 26.0 Å². The van der Waals surface area contributed by atoms with Gasteiger partial charge in [0.05, 0.1) is 0 Å². The topological polar surface area (TPSA) is 126 Å². The quantitative estimate of drug-likeness (QED) is 0.460. The second kappa shape index (κ2) is 11.4. The van der Waals surface area contributed by atoms with Crippen molar-refractivity contribution in [1.82, 2.24) is 25.9 Å². The van der Waals surface area contributed by atoms with Gasteiger partial charge in [-0.15, -0.1) is 0 Å². The lowest BCUT2D eigenvalue weighted by Crippen LogP contribution is -2.50. The molecule has 0 aliphatic heterocycles. The zero-order valence-electron chi connectivity index (χ0n) is 19.6. The van der Waals surface area contributed by atoms with Gasteiger partial charge in [0.25, 0.3) is 11.8 Å². The number of hydrogen-bond acceptors (Lipinski definition) is 6. The number of amides is 3. The molecule has 3 aromatic heterocycles. The Morgan fingerprint density at radius 3 is 2.57 bits per heavy atom. The van der Waals surface area contributed by atoms with Gasteiger partial charge in [0.15, 0.2) is 11.5 Å². The molecule has 9 heteroatoms. The third-order valence-electron chi connectivity index (χ3n) is 6.19. The average Bonchev–Trinajstić information content (AvgIpc) is 3.42. The van der Waals surface area contributed by atoms with Gasteiger partial charge in [-0.2, -0.15) is 0 Å². The minimum Gasteiger partial charge on any atom is -0.449 e. The second-order valence-corrected chi connectivity index (χ2v) is 8.57. The van der Waals surface area contributed by atoms with Crippen molar-refractivity contribution in [3.63, 3.8) is 0 Å². The summed E-state index contributed by atoms with van der Waals surface area (Å²) >= 11 is 0. The number of rotatable bonds is 8. The minimum atomic E-state index is -0.592. The number of aromatic nitrogens is 2. The molecule has 3 amide bonds. The molecule has 0 bridgehead atoms. The molecule has 1 aliphatic carbocycles. The van der Waals surface area contributed by atoms with E-state index >= 15 is 0 Å². The van der Waals surface area contributed by atoms with E-state index in [-0.39, 0.29) is 30.0 Å². The molecule has 9 nitrogen and oxygen atoms in total. The van der Waals surface area contributed by atoms with E-state index in [1.54, 1.807) is 61.9 Å². The number of pyridine rings is 2. The van der Waals surface area contributed by atoms with Gasteiger partial charge in [0.1, 0.15) is 17.4 Å². The van der Waals surface area contributed by atoms with Crippen LogP contribution in [0.5, 0.6) is 0 Å². The highest BCUT2D eigenvalue weighted by Crippen LogP contribution is 2.27. The maximum Gasteiger partial charge on any atom is 0.287 e. The summed E-state index contributed by atoms with van der Waals surface area (Å²) in [4.78, 5) is 45.9. The summed E-state index contributed by atoms with van der Waals surface area (Å²) in [6.45, 7) is 0.286. The van der Waals surface area contributed by atoms with Crippen LogP contribution in [0.1, 0.15) is 58.7 Å². The fraction of sp³-hybridized carbons (Fsp3) is 0.346. The maximum absolute atomic E-state index is 12.9. The van der Waals surface area contributed by atoms with Crippen molar-refractivity contribution in [3.8, 4) is 11.5 Å². The van der Waals surface area contributed by atoms with Crippen molar-refractivity contribution in [2.24, 2.45) is 5.92 Å². The van der Waals surface area contributed by atoms with Crippen molar-refractivity contribution in [2.75, 3.05) is 7.05 Å². The van der Waals surface area contributed by atoms with Crippen molar-refractivity contribution in [1.29, 1.82) is 0 Å². The van der Waals surface area contributed by atoms with Gasteiger partial charge < -0.3 is 20.4 Å². The highest BCUT2D eigenvalue weighted by Gasteiger charge is 2.31. The van der Waals surface area contributed by atoms with Crippen LogP contribution in [0, 0.1) is 5.92 Å². The van der Waals surface area contributed by atoms with Gasteiger partial charge in [0.2, 0.25) is 5.91 Å². The van der Waals surface area contributed by atoms with Crippen LogP contribution < -0.4 is 16.0 Å². The zero-order chi connectivity index (χ0) is 24.6. The largest absolute Gasteiger partial charge is 0.449 e. The molecular weight excluding hydrogens is 446 g/mol. The van der Waals surface area contributed by atoms with E-state index in [2.05, 4.69) is 25.9 Å². The number of nitrogens with one attached hydrogen (secondary N) is 3. The molecule has 3 heterocycles. The minimum absolute atomic E-state index is 0.111. The van der Waals surface area contributed by atoms with E-state index in [4.69, 9.17) is 4.42 Å². The summed E-state index contributed by atoms with van der Waals surface area (Å²) in [5.74, 6) is -0.262. The Balaban J connectivity index is 1.41. The van der Waals surface area contributed by atoms with Crippen LogP contribution >= 0.6 is 0 Å². The SMILES string of the molecule is CNC(=O)[C@@H](NC(=O)c1ccc(-c2cc(CNC(=O)c3ccccn3)ccn2)o1)C1CCCCC1. The molecule has 0 spiro atoms. The molecule has 1 fully saturated rings. The lowest BCUT2D eigenvalue weighted by molar-refractivity contribution is -0.124. The van der Waals surface area contributed by atoms with Crippen LogP contribution in [0.3, 0.4) is 0 Å². The molecule has 3 N–H and O–H groups in total. The molecule has 3 aromatic rings. The first-order valence-electron chi connectivity index (χ1n) is 11.8. The summed E-state index contributed by atoms with van der Waals surface area (Å²) in [6.07, 6.45) is 8.28. The van der Waals surface area contributed by atoms with Crippen LogP contribution in [0.25, 0.3) is 11.5 Å². The van der Waals surface area contributed by atoms with Gasteiger partial charge in [-0.3, -0.25) is 24.4 Å². The van der Waals surface area contributed by atoms with E-state index in [0.29, 0.717) is 17.1 Å². The highest BCUT2D eigenvalue weighted by atomic mass is 16.4. The van der Waals surface area contributed by atoms with Crippen molar-refractivity contribution < 1.29 is 18.8 Å². The molecular formula is C26H29N5O4. The lowest BCUT2D eigenvalue weighted by atomic mass is 9.83. The lowest BCUT2D eigenvalue weighted by Gasteiger charge is -2.29. The Kier molecular flexibility index (Phi) is 7.87. The van der Waals surface area contributed by atoms with E-state index in [9.17, 15) is 14.4 Å². The predicted molar refractivity (Wildman–Crippen MR) is 129 cm³/mol. The normalized spacial score (nSPS) is 14.7. The number of hydrogen-bond donors (Lipinski definition) is 3. The van der Waals surface area contributed by atoms with Crippen molar-refractivity contribution in [3.05, 3.63) is 71.9 Å². The molecule has 0 aromatic carbocycles. The number of furan rings is 1. The van der Waals surface area contributed by atoms with Gasteiger partial charge in [-0.25, -0.2) is 0 Å². The molecule has 182 valence electrons. The second-order valence-electron chi connectivity index (χ2n) is 8.57. The molecule has 35 heavy (non-hydrogen) atoms. The number of likely N-dealkylation sites (N-methyl/N-ethyl adjacent to an activating group) is 1. The number of nitrogens with zero attached hydrogens (tertiary/aromatic N) is 2. The Hall–Kier alpha value is -4.01. The van der Waals surface area contributed by atoms with Crippen LogP contribution in [0.4, 0.5) is 0 Å². The third kappa shape index (κ3) is 6.11. The van der Waals surface area contributed by atoms with Gasteiger partial charge >= 0.3 is 0 Å². The molecule has 4 rings (SSSR count). The van der Waals surface area contributed by atoms with Crippen LogP contribution in [-0.2, 0) is 11.3 Å². The smallest absolute Gasteiger partial charge is 0.287 e. The number of carbonyl (C=O) groups is 3. The Morgan fingerprint density at radius 2 is 1.83 bits per heavy atom. The van der Waals surface area contributed by atoms with E-state index in [0.717, 1.165) is 37.7 Å². The Morgan fingerprint density at radius 1 is 1.00 bits per heavy atom. The molecule has 1 atom stereocenters. The van der Waals surface area contributed by atoms with Crippen molar-refractivity contribution >= 4 is 17.7 Å².